The van der Waals surface area contributed by atoms with Crippen molar-refractivity contribution >= 4 is 80.7 Å². The molecule has 220 valence electrons. The largest absolute Gasteiger partial charge is 2.00 e. The summed E-state index contributed by atoms with van der Waals surface area (Å²) in [5, 5.41) is 64.8. The van der Waals surface area contributed by atoms with E-state index in [9.17, 15) is 40.0 Å². The molecule has 0 aliphatic heterocycles. The van der Waals surface area contributed by atoms with Gasteiger partial charge in [-0.3, -0.25) is 29.8 Å². The Labute approximate surface area is 273 Å². The molecule has 15 heteroatoms. The van der Waals surface area contributed by atoms with Gasteiger partial charge in [0.1, 0.15) is 12.1 Å². The van der Waals surface area contributed by atoms with Crippen LogP contribution in [0.2, 0.25) is 10.0 Å². The Balaban J connectivity index is 0.000000802. The van der Waals surface area contributed by atoms with Crippen molar-refractivity contribution in [2.24, 2.45) is 10.8 Å². The fraction of sp³-hybridized carbons (Fsp3) is 0.286. The van der Waals surface area contributed by atoms with E-state index >= 15 is 0 Å². The first-order chi connectivity index (χ1) is 19.2. The smallest absolute Gasteiger partial charge is 0.871 e. The minimum absolute atomic E-state index is 0. The number of hydrogen-bond donors (Lipinski definition) is 0. The van der Waals surface area contributed by atoms with Crippen LogP contribution in [0.15, 0.2) is 47.5 Å². The fourth-order valence-electron chi connectivity index (χ4n) is 3.12. The van der Waals surface area contributed by atoms with Crippen LogP contribution in [0.3, 0.4) is 0 Å². The number of hydrogen-bond acceptors (Lipinski definition) is 10. The van der Waals surface area contributed by atoms with Crippen molar-refractivity contribution in [3.8, 4) is 12.1 Å². The molecular weight excluding hydrogens is 616 g/mol. The van der Waals surface area contributed by atoms with E-state index < -0.39 is 66.3 Å². The van der Waals surface area contributed by atoms with Gasteiger partial charge in [-0.2, -0.15) is 10.5 Å². The summed E-state index contributed by atoms with van der Waals surface area (Å²) < 4.78 is 0. The van der Waals surface area contributed by atoms with Crippen molar-refractivity contribution in [1.29, 1.82) is 10.5 Å². The summed E-state index contributed by atoms with van der Waals surface area (Å²) in [6.07, 6.45) is 0. The van der Waals surface area contributed by atoms with Gasteiger partial charge >= 0.3 is 23.1 Å². The zero-order valence-electron chi connectivity index (χ0n) is 24.0. The van der Waals surface area contributed by atoms with Gasteiger partial charge in [-0.1, -0.05) is 76.3 Å². The number of nitro groups is 2. The van der Waals surface area contributed by atoms with E-state index in [1.807, 2.05) is 0 Å². The summed E-state index contributed by atoms with van der Waals surface area (Å²) in [6.45, 7) is 9.31. The number of benzene rings is 2. The van der Waals surface area contributed by atoms with E-state index in [-0.39, 0.29) is 44.2 Å². The van der Waals surface area contributed by atoms with Gasteiger partial charge in [0.05, 0.1) is 21.0 Å². The number of rotatable bonds is 6. The maximum absolute atomic E-state index is 12.3. The molecule has 0 amide bonds. The molecule has 0 unspecified atom stereocenters. The van der Waals surface area contributed by atoms with Crippen LogP contribution in [-0.4, -0.2) is 44.5 Å². The maximum atomic E-state index is 12.3. The number of halogens is 2. The van der Waals surface area contributed by atoms with Crippen LogP contribution in [0.4, 0.5) is 11.4 Å². The van der Waals surface area contributed by atoms with Gasteiger partial charge in [0.25, 0.3) is 11.4 Å². The molecule has 0 atom stereocenters. The van der Waals surface area contributed by atoms with E-state index in [0.717, 1.165) is 24.3 Å². The number of nitrogens with zero attached hydrogens (tertiary/aromatic N) is 4. The van der Waals surface area contributed by atoms with Crippen LogP contribution in [0, 0.1) is 53.7 Å². The third-order valence-corrected chi connectivity index (χ3v) is 5.77. The van der Waals surface area contributed by atoms with Gasteiger partial charge in [-0.15, -0.1) is 0 Å². The van der Waals surface area contributed by atoms with Crippen LogP contribution in [0.25, 0.3) is 11.5 Å². The van der Waals surface area contributed by atoms with Crippen LogP contribution < -0.4 is 10.2 Å². The van der Waals surface area contributed by atoms with E-state index in [4.69, 9.17) is 33.7 Å². The predicted octanol–water partition coefficient (Wildman–Crippen LogP) is 4.54. The Hall–Kier alpha value is -4.01. The molecule has 0 N–H and O–H groups in total. The molecule has 2 aromatic rings. The SMILES string of the molecule is CC(C)(C)C(=O)/C(C#N)=C(\[O-])c1ccc(Cl)cc1[N+](=O)[O-].CC(C)(C)C(=O)/C(C#N)=C(\[O-])c1ccc(Cl)cc1[N+](=O)[O-].[Mg+2]. The Morgan fingerprint density at radius 3 is 1.19 bits per heavy atom. The molecule has 0 aromatic heterocycles. The first-order valence-corrected chi connectivity index (χ1v) is 12.6. The second-order valence-electron chi connectivity index (χ2n) is 10.6. The molecule has 0 aliphatic carbocycles. The molecule has 12 nitrogen and oxygen atoms in total. The average Bonchev–Trinajstić information content (AvgIpc) is 2.88. The number of carbonyl (C=O) groups is 2. The molecule has 0 heterocycles. The van der Waals surface area contributed by atoms with Gasteiger partial charge in [-0.05, 0) is 24.3 Å². The molecule has 0 saturated heterocycles. The molecule has 2 aromatic carbocycles. The summed E-state index contributed by atoms with van der Waals surface area (Å²) in [5.41, 5.74) is -4.90. The number of nitriles is 2. The summed E-state index contributed by atoms with van der Waals surface area (Å²) in [7, 11) is 0. The molecule has 0 saturated carbocycles. The molecule has 2 rings (SSSR count). The van der Waals surface area contributed by atoms with Gasteiger partial charge in [0.2, 0.25) is 0 Å². The van der Waals surface area contributed by atoms with E-state index in [2.05, 4.69) is 0 Å². The van der Waals surface area contributed by atoms with Crippen LogP contribution in [0.5, 0.6) is 0 Å². The summed E-state index contributed by atoms with van der Waals surface area (Å²) >= 11 is 11.3. The zero-order chi connectivity index (χ0) is 32.7. The zero-order valence-corrected chi connectivity index (χ0v) is 26.9. The molecule has 43 heavy (non-hydrogen) atoms. The first kappa shape index (κ1) is 39.0. The van der Waals surface area contributed by atoms with Crippen molar-refractivity contribution in [2.75, 3.05) is 0 Å². The van der Waals surface area contributed by atoms with E-state index in [1.165, 1.54) is 12.1 Å². The van der Waals surface area contributed by atoms with Crippen molar-refractivity contribution in [3.63, 3.8) is 0 Å². The maximum Gasteiger partial charge on any atom is 2.00 e. The number of Topliss-reactive ketones (excluding diaryl/α,β-unsaturated/α-hetero) is 2. The van der Waals surface area contributed by atoms with Crippen LogP contribution in [-0.2, 0) is 9.59 Å². The Bertz CT molecular complexity index is 1490. The predicted molar refractivity (Wildman–Crippen MR) is 156 cm³/mol. The molecular formula is C28H24Cl2MgN4O8. The molecule has 0 bridgehead atoms. The minimum atomic E-state index is -0.971. The number of ketones is 2. The van der Waals surface area contributed by atoms with Crippen molar-refractivity contribution in [1.82, 2.24) is 0 Å². The third-order valence-electron chi connectivity index (χ3n) is 5.30. The Kier molecular flexibility index (Phi) is 14.0. The Morgan fingerprint density at radius 1 is 0.698 bits per heavy atom. The van der Waals surface area contributed by atoms with Gasteiger partial charge < -0.3 is 10.2 Å². The third kappa shape index (κ3) is 10.0. The Morgan fingerprint density at radius 2 is 0.977 bits per heavy atom. The van der Waals surface area contributed by atoms with E-state index in [1.54, 1.807) is 53.7 Å². The molecule has 0 radical (unpaired) electrons. The van der Waals surface area contributed by atoms with Crippen molar-refractivity contribution < 1.29 is 29.6 Å². The second kappa shape index (κ2) is 15.5. The average molecular weight is 640 g/mol. The molecule has 0 fully saturated rings. The number of nitro benzene ring substituents is 2. The van der Waals surface area contributed by atoms with Gasteiger partial charge in [0, 0.05) is 44.1 Å². The normalized spacial score (nSPS) is 12.0. The quantitative estimate of drug-likeness (QED) is 0.107. The van der Waals surface area contributed by atoms with Crippen molar-refractivity contribution in [2.45, 2.75) is 41.5 Å². The summed E-state index contributed by atoms with van der Waals surface area (Å²) in [5.74, 6) is -3.28. The standard InChI is InChI=1S/2C14H13ClN2O4.Mg/c2*1-14(2,3)13(19)10(7-16)12(18)9-5-4-8(15)6-11(9)17(20)21;/h2*4-6,18H,1-3H3;/q;;+2/p-2/b2*12-10-;. The number of carbonyl (C=O) groups excluding carboxylic acids is 2. The monoisotopic (exact) mass is 638 g/mol. The van der Waals surface area contributed by atoms with Crippen molar-refractivity contribution in [3.05, 3.63) is 88.9 Å². The van der Waals surface area contributed by atoms with E-state index in [0.29, 0.717) is 0 Å². The first-order valence-electron chi connectivity index (χ1n) is 11.8. The minimum Gasteiger partial charge on any atom is -0.871 e. The number of allylic oxidation sites excluding steroid dienone is 2. The van der Waals surface area contributed by atoms with Gasteiger partial charge in [-0.25, -0.2) is 0 Å². The second-order valence-corrected chi connectivity index (χ2v) is 11.5. The fourth-order valence-corrected chi connectivity index (χ4v) is 3.46. The topological polar surface area (TPSA) is 214 Å². The van der Waals surface area contributed by atoms with Crippen LogP contribution in [0.1, 0.15) is 52.7 Å². The molecule has 0 aliphatic rings. The van der Waals surface area contributed by atoms with Gasteiger partial charge in [0.15, 0.2) is 11.6 Å². The summed E-state index contributed by atoms with van der Waals surface area (Å²) in [6, 6.07) is 9.96. The van der Waals surface area contributed by atoms with Crippen LogP contribution >= 0.6 is 23.2 Å². The summed E-state index contributed by atoms with van der Waals surface area (Å²) in [4.78, 5) is 44.5. The molecule has 0 spiro atoms.